The van der Waals surface area contributed by atoms with E-state index < -0.39 is 21.7 Å². The van der Waals surface area contributed by atoms with Crippen LogP contribution in [0.2, 0.25) is 0 Å². The van der Waals surface area contributed by atoms with E-state index in [1.807, 2.05) is 19.1 Å². The van der Waals surface area contributed by atoms with Gasteiger partial charge >= 0.3 is 6.18 Å². The minimum Gasteiger partial charge on any atom is -0.231 e. The van der Waals surface area contributed by atoms with E-state index >= 15 is 0 Å². The predicted molar refractivity (Wildman–Crippen MR) is 124 cm³/mol. The van der Waals surface area contributed by atoms with Gasteiger partial charge in [-0.2, -0.15) is 18.3 Å². The van der Waals surface area contributed by atoms with Gasteiger partial charge in [-0.15, -0.1) is 11.3 Å². The molecule has 172 valence electrons. The molecule has 33 heavy (non-hydrogen) atoms. The third-order valence-corrected chi connectivity index (χ3v) is 7.25. The molecule has 0 fully saturated rings. The Hall–Kier alpha value is -2.91. The molecule has 2 aromatic carbocycles. The van der Waals surface area contributed by atoms with Crippen LogP contribution in [0.1, 0.15) is 24.6 Å². The van der Waals surface area contributed by atoms with Crippen LogP contribution in [0.5, 0.6) is 0 Å². The molecular formula is C24H21F3N2O2S2. The maximum Gasteiger partial charge on any atom is 0.435 e. The Morgan fingerprint density at radius 3 is 2.45 bits per heavy atom. The van der Waals surface area contributed by atoms with Gasteiger partial charge in [-0.3, -0.25) is 0 Å². The molecule has 0 N–H and O–H groups in total. The summed E-state index contributed by atoms with van der Waals surface area (Å²) >= 11 is 1.29. The molecule has 4 rings (SSSR count). The molecule has 0 amide bonds. The minimum absolute atomic E-state index is 0.186. The molecule has 0 radical (unpaired) electrons. The van der Waals surface area contributed by atoms with E-state index in [4.69, 9.17) is 0 Å². The highest BCUT2D eigenvalue weighted by atomic mass is 32.2. The minimum atomic E-state index is -4.58. The summed E-state index contributed by atoms with van der Waals surface area (Å²) in [5.41, 5.74) is 2.30. The van der Waals surface area contributed by atoms with E-state index in [2.05, 4.69) is 5.10 Å². The van der Waals surface area contributed by atoms with Crippen molar-refractivity contribution >= 4 is 21.2 Å². The summed E-state index contributed by atoms with van der Waals surface area (Å²) in [5.74, 6) is 0. The average molecular weight is 491 g/mol. The monoisotopic (exact) mass is 490 g/mol. The number of aryl methyl sites for hydroxylation is 1. The number of sulfone groups is 1. The standard InChI is InChI=1S/C24H21F3N2O2S2/c1-3-7-16-8-4-5-11-20(16)29-21(14-23(28-29)24(25,26)27)22-13-18(15-32-22)17-9-6-10-19(12-17)33(2,30)31/h4-6,8-15H,3,7H2,1-2H3. The van der Waals surface area contributed by atoms with Gasteiger partial charge in [-0.05, 0) is 58.8 Å². The van der Waals surface area contributed by atoms with Crippen molar-refractivity contribution in [3.05, 3.63) is 77.3 Å². The van der Waals surface area contributed by atoms with Gasteiger partial charge in [0.15, 0.2) is 15.5 Å². The van der Waals surface area contributed by atoms with E-state index in [1.54, 1.807) is 41.8 Å². The number of hydrogen-bond acceptors (Lipinski definition) is 4. The van der Waals surface area contributed by atoms with Crippen molar-refractivity contribution in [1.29, 1.82) is 0 Å². The number of para-hydroxylation sites is 1. The van der Waals surface area contributed by atoms with Crippen LogP contribution >= 0.6 is 11.3 Å². The van der Waals surface area contributed by atoms with E-state index in [0.717, 1.165) is 29.9 Å². The van der Waals surface area contributed by atoms with Gasteiger partial charge in [0.2, 0.25) is 0 Å². The van der Waals surface area contributed by atoms with Crippen molar-refractivity contribution in [2.45, 2.75) is 30.8 Å². The Labute approximate surface area is 194 Å². The number of thiophene rings is 1. The fourth-order valence-electron chi connectivity index (χ4n) is 3.61. The summed E-state index contributed by atoms with van der Waals surface area (Å²) in [7, 11) is -3.38. The largest absolute Gasteiger partial charge is 0.435 e. The zero-order valence-electron chi connectivity index (χ0n) is 17.9. The smallest absolute Gasteiger partial charge is 0.231 e. The summed E-state index contributed by atoms with van der Waals surface area (Å²) in [4.78, 5) is 0.787. The molecule has 0 aliphatic heterocycles. The Morgan fingerprint density at radius 1 is 1.00 bits per heavy atom. The molecule has 0 bridgehead atoms. The zero-order chi connectivity index (χ0) is 23.8. The lowest BCUT2D eigenvalue weighted by molar-refractivity contribution is -0.141. The van der Waals surface area contributed by atoms with E-state index in [-0.39, 0.29) is 4.90 Å². The number of rotatable bonds is 6. The SMILES string of the molecule is CCCc1ccccc1-n1nc(C(F)(F)F)cc1-c1cc(-c2cccc(S(C)(=O)=O)c2)cs1. The number of halogens is 3. The second kappa shape index (κ2) is 8.79. The molecule has 2 aromatic heterocycles. The van der Waals surface area contributed by atoms with Crippen molar-refractivity contribution in [1.82, 2.24) is 9.78 Å². The molecule has 2 heterocycles. The Balaban J connectivity index is 1.84. The quantitative estimate of drug-likeness (QED) is 0.304. The first kappa shape index (κ1) is 23.3. The van der Waals surface area contributed by atoms with Crippen LogP contribution < -0.4 is 0 Å². The van der Waals surface area contributed by atoms with E-state index in [9.17, 15) is 21.6 Å². The molecule has 0 unspecified atom stereocenters. The van der Waals surface area contributed by atoms with Crippen LogP contribution in [0, 0.1) is 0 Å². The van der Waals surface area contributed by atoms with Crippen LogP contribution in [0.4, 0.5) is 13.2 Å². The molecule has 4 aromatic rings. The van der Waals surface area contributed by atoms with Gasteiger partial charge in [-0.25, -0.2) is 13.1 Å². The maximum atomic E-state index is 13.6. The lowest BCUT2D eigenvalue weighted by Crippen LogP contribution is -2.08. The first-order chi connectivity index (χ1) is 15.6. The van der Waals surface area contributed by atoms with Crippen molar-refractivity contribution in [3.63, 3.8) is 0 Å². The fourth-order valence-corrected chi connectivity index (χ4v) is 5.19. The summed E-state index contributed by atoms with van der Waals surface area (Å²) in [5, 5.41) is 5.72. The average Bonchev–Trinajstić information content (AvgIpc) is 3.41. The van der Waals surface area contributed by atoms with Crippen molar-refractivity contribution in [2.24, 2.45) is 0 Å². The molecule has 0 spiro atoms. The third kappa shape index (κ3) is 4.89. The maximum absolute atomic E-state index is 13.6. The zero-order valence-corrected chi connectivity index (χ0v) is 19.6. The van der Waals surface area contributed by atoms with Gasteiger partial charge in [0.25, 0.3) is 0 Å². The highest BCUT2D eigenvalue weighted by Crippen LogP contribution is 2.38. The van der Waals surface area contributed by atoms with Crippen LogP contribution in [0.3, 0.4) is 0 Å². The summed E-state index contributed by atoms with van der Waals surface area (Å²) in [6, 6.07) is 16.6. The van der Waals surface area contributed by atoms with Gasteiger partial charge in [-0.1, -0.05) is 43.7 Å². The third-order valence-electron chi connectivity index (χ3n) is 5.19. The van der Waals surface area contributed by atoms with Crippen molar-refractivity contribution < 1.29 is 21.6 Å². The second-order valence-corrected chi connectivity index (χ2v) is 10.6. The summed E-state index contributed by atoms with van der Waals surface area (Å²) in [6.45, 7) is 2.01. The highest BCUT2D eigenvalue weighted by Gasteiger charge is 2.35. The molecule has 0 aliphatic carbocycles. The van der Waals surface area contributed by atoms with Crippen LogP contribution in [-0.4, -0.2) is 24.5 Å². The first-order valence-electron chi connectivity index (χ1n) is 10.2. The number of alkyl halides is 3. The number of nitrogens with zero attached hydrogens (tertiary/aromatic N) is 2. The lowest BCUT2D eigenvalue weighted by atomic mass is 10.1. The topological polar surface area (TPSA) is 52.0 Å². The van der Waals surface area contributed by atoms with Crippen LogP contribution in [0.25, 0.3) is 27.4 Å². The molecule has 0 saturated carbocycles. The lowest BCUT2D eigenvalue weighted by Gasteiger charge is -2.11. The van der Waals surface area contributed by atoms with Crippen molar-refractivity contribution in [2.75, 3.05) is 6.26 Å². The van der Waals surface area contributed by atoms with Gasteiger partial charge in [0.05, 0.1) is 21.2 Å². The molecule has 9 heteroatoms. The molecule has 0 atom stereocenters. The van der Waals surface area contributed by atoms with E-state index in [0.29, 0.717) is 28.2 Å². The molecule has 0 saturated heterocycles. The van der Waals surface area contributed by atoms with Crippen molar-refractivity contribution in [3.8, 4) is 27.4 Å². The number of hydrogen-bond donors (Lipinski definition) is 0. The molecule has 4 nitrogen and oxygen atoms in total. The Kier molecular flexibility index (Phi) is 6.20. The van der Waals surface area contributed by atoms with Crippen LogP contribution in [-0.2, 0) is 22.4 Å². The van der Waals surface area contributed by atoms with Gasteiger partial charge < -0.3 is 0 Å². The predicted octanol–water partition coefficient (Wildman–Crippen LogP) is 6.64. The van der Waals surface area contributed by atoms with Crippen LogP contribution in [0.15, 0.2) is 70.9 Å². The fraction of sp³-hybridized carbons (Fsp3) is 0.208. The summed E-state index contributed by atoms with van der Waals surface area (Å²) in [6.07, 6.45) is -1.88. The van der Waals surface area contributed by atoms with E-state index in [1.165, 1.54) is 22.1 Å². The Bertz CT molecular complexity index is 1400. The van der Waals surface area contributed by atoms with Gasteiger partial charge in [0.1, 0.15) is 0 Å². The Morgan fingerprint density at radius 2 is 1.76 bits per heavy atom. The first-order valence-corrected chi connectivity index (χ1v) is 13.0. The summed E-state index contributed by atoms with van der Waals surface area (Å²) < 4.78 is 65.9. The molecular weight excluding hydrogens is 469 g/mol. The van der Waals surface area contributed by atoms with Gasteiger partial charge in [0, 0.05) is 6.26 Å². The highest BCUT2D eigenvalue weighted by molar-refractivity contribution is 7.90. The number of aromatic nitrogens is 2. The normalized spacial score (nSPS) is 12.3. The molecule has 0 aliphatic rings. The second-order valence-electron chi connectivity index (χ2n) is 7.70. The number of benzene rings is 2.